The molecule has 1 aromatic carbocycles. The Labute approximate surface area is 157 Å². The number of benzene rings is 1. The lowest BCUT2D eigenvalue weighted by atomic mass is 9.83. The monoisotopic (exact) mass is 431 g/mol. The normalized spacial score (nSPS) is 25.3. The number of alkyl halides is 6. The average Bonchev–Trinajstić information content (AvgIpc) is 2.90. The highest BCUT2D eigenvalue weighted by Crippen LogP contribution is 2.58. The standard InChI is InChI=1S/C15H12F7N3O2S/c1-7(8-5-3-4-6-9(8)16)23-11-24-10(26)13(28-11,15(20,21)22)12(2,25-27)14(17,18)19/h3-7H,1-2H3,(H,23,24,26)/t7-,12?,13?/m0/s1. The van der Waals surface area contributed by atoms with Gasteiger partial charge in [0.25, 0.3) is 5.91 Å². The quantitative estimate of drug-likeness (QED) is 0.564. The van der Waals surface area contributed by atoms with Gasteiger partial charge in [-0.15, -0.1) is 4.91 Å². The van der Waals surface area contributed by atoms with Crippen molar-refractivity contribution in [2.45, 2.75) is 42.5 Å². The van der Waals surface area contributed by atoms with Crippen molar-refractivity contribution < 1.29 is 35.5 Å². The highest BCUT2D eigenvalue weighted by Gasteiger charge is 2.82. The Morgan fingerprint density at radius 2 is 1.71 bits per heavy atom. The van der Waals surface area contributed by atoms with E-state index in [9.17, 15) is 40.4 Å². The van der Waals surface area contributed by atoms with Gasteiger partial charge in [0.2, 0.25) is 10.3 Å². The van der Waals surface area contributed by atoms with Gasteiger partial charge in [0, 0.05) is 5.56 Å². The number of hydrogen-bond donors (Lipinski definition) is 1. The molecule has 0 bridgehead atoms. The van der Waals surface area contributed by atoms with Gasteiger partial charge in [-0.05, 0) is 19.9 Å². The highest BCUT2D eigenvalue weighted by atomic mass is 32.2. The summed E-state index contributed by atoms with van der Waals surface area (Å²) in [6, 6.07) is 3.98. The summed E-state index contributed by atoms with van der Waals surface area (Å²) in [5, 5.41) is 2.44. The molecular formula is C15H12F7N3O2S. The molecular weight excluding hydrogens is 419 g/mol. The smallest absolute Gasteiger partial charge is 0.304 e. The molecule has 1 amide bonds. The zero-order chi connectivity index (χ0) is 21.5. The van der Waals surface area contributed by atoms with Crippen molar-refractivity contribution in [1.82, 2.24) is 5.32 Å². The fourth-order valence-electron chi connectivity index (χ4n) is 2.62. The Hall–Kier alpha value is -2.18. The molecule has 1 saturated heterocycles. The number of amidine groups is 1. The van der Waals surface area contributed by atoms with Crippen LogP contribution in [0.15, 0.2) is 34.4 Å². The Morgan fingerprint density at radius 3 is 2.18 bits per heavy atom. The van der Waals surface area contributed by atoms with Crippen molar-refractivity contribution in [3.63, 3.8) is 0 Å². The van der Waals surface area contributed by atoms with Crippen LogP contribution in [0.4, 0.5) is 30.7 Å². The minimum atomic E-state index is -5.81. The summed E-state index contributed by atoms with van der Waals surface area (Å²) in [6.45, 7) is 1.16. The highest BCUT2D eigenvalue weighted by molar-refractivity contribution is 8.16. The van der Waals surface area contributed by atoms with E-state index in [1.807, 2.05) is 0 Å². The Morgan fingerprint density at radius 1 is 1.14 bits per heavy atom. The Balaban J connectivity index is 2.56. The summed E-state index contributed by atoms with van der Waals surface area (Å²) in [6.07, 6.45) is -11.6. The zero-order valence-electron chi connectivity index (χ0n) is 14.2. The third kappa shape index (κ3) is 3.25. The van der Waals surface area contributed by atoms with Gasteiger partial charge in [-0.3, -0.25) is 9.79 Å². The van der Waals surface area contributed by atoms with Crippen molar-refractivity contribution in [2.24, 2.45) is 10.2 Å². The topological polar surface area (TPSA) is 70.9 Å². The van der Waals surface area contributed by atoms with Gasteiger partial charge in [0.1, 0.15) is 5.82 Å². The number of carbonyl (C=O) groups is 1. The molecule has 1 aromatic rings. The maximum Gasteiger partial charge on any atom is 0.419 e. The molecule has 0 spiro atoms. The maximum atomic E-state index is 13.8. The van der Waals surface area contributed by atoms with E-state index in [0.717, 1.165) is 6.07 Å². The summed E-state index contributed by atoms with van der Waals surface area (Å²) in [4.78, 5) is 26.7. The average molecular weight is 431 g/mol. The second-order valence-corrected chi connectivity index (χ2v) is 7.23. The van der Waals surface area contributed by atoms with Crippen molar-refractivity contribution in [2.75, 3.05) is 0 Å². The fraction of sp³-hybridized carbons (Fsp3) is 0.467. The van der Waals surface area contributed by atoms with Gasteiger partial charge in [-0.2, -0.15) is 26.3 Å². The third-order valence-corrected chi connectivity index (χ3v) is 5.80. The number of nitroso groups, excluding NO2 is 1. The fourth-order valence-corrected chi connectivity index (χ4v) is 3.87. The van der Waals surface area contributed by atoms with Crippen LogP contribution in [0.2, 0.25) is 0 Å². The van der Waals surface area contributed by atoms with Crippen LogP contribution in [-0.4, -0.2) is 33.7 Å². The number of hydrogen-bond acceptors (Lipinski definition) is 5. The van der Waals surface area contributed by atoms with Crippen LogP contribution in [0.1, 0.15) is 25.5 Å². The molecule has 5 nitrogen and oxygen atoms in total. The first-order chi connectivity index (χ1) is 12.7. The number of halogens is 7. The first-order valence-corrected chi connectivity index (χ1v) is 8.33. The third-order valence-electron chi connectivity index (χ3n) is 4.28. The Bertz CT molecular complexity index is 827. The van der Waals surface area contributed by atoms with Crippen LogP contribution >= 0.6 is 11.8 Å². The summed E-state index contributed by atoms with van der Waals surface area (Å²) < 4.78 is 90.6. The van der Waals surface area contributed by atoms with Crippen LogP contribution in [-0.2, 0) is 4.79 Å². The van der Waals surface area contributed by atoms with E-state index in [1.54, 1.807) is 10.5 Å². The van der Waals surface area contributed by atoms with Gasteiger partial charge in [-0.1, -0.05) is 35.1 Å². The molecule has 2 rings (SSSR count). The van der Waals surface area contributed by atoms with Gasteiger partial charge < -0.3 is 5.32 Å². The molecule has 28 heavy (non-hydrogen) atoms. The molecule has 13 heteroatoms. The molecule has 0 aromatic heterocycles. The molecule has 1 heterocycles. The number of rotatable bonds is 4. The number of nitrogens with zero attached hydrogens (tertiary/aromatic N) is 2. The van der Waals surface area contributed by atoms with Gasteiger partial charge in [0.15, 0.2) is 5.17 Å². The van der Waals surface area contributed by atoms with Gasteiger partial charge in [-0.25, -0.2) is 4.39 Å². The largest absolute Gasteiger partial charge is 0.419 e. The minimum absolute atomic E-state index is 0.0542. The second kappa shape index (κ2) is 7.01. The van der Waals surface area contributed by atoms with Crippen molar-refractivity contribution in [3.05, 3.63) is 40.6 Å². The molecule has 1 N–H and O–H groups in total. The van der Waals surface area contributed by atoms with E-state index in [0.29, 0.717) is 0 Å². The van der Waals surface area contributed by atoms with E-state index < -0.39 is 57.3 Å². The molecule has 1 aliphatic rings. The van der Waals surface area contributed by atoms with E-state index in [-0.39, 0.29) is 12.5 Å². The van der Waals surface area contributed by atoms with Crippen molar-refractivity contribution in [1.29, 1.82) is 0 Å². The summed E-state index contributed by atoms with van der Waals surface area (Å²) >= 11 is -0.611. The van der Waals surface area contributed by atoms with E-state index in [2.05, 4.69) is 4.99 Å². The molecule has 0 aliphatic carbocycles. The molecule has 0 saturated carbocycles. The minimum Gasteiger partial charge on any atom is -0.304 e. The van der Waals surface area contributed by atoms with E-state index in [1.165, 1.54) is 25.1 Å². The predicted octanol–water partition coefficient (Wildman–Crippen LogP) is 4.49. The number of carbonyl (C=O) groups excluding carboxylic acids is 1. The van der Waals surface area contributed by atoms with E-state index in [4.69, 9.17) is 0 Å². The summed E-state index contributed by atoms with van der Waals surface area (Å²) in [5.74, 6) is -2.88. The number of nitrogens with one attached hydrogen (secondary N) is 1. The number of amides is 1. The SMILES string of the molecule is C[C@H](N=C1NC(=O)C(C(F)(F)F)(C(C)(N=O)C(F)(F)F)S1)c1ccccc1F. The summed E-state index contributed by atoms with van der Waals surface area (Å²) in [7, 11) is 0. The van der Waals surface area contributed by atoms with Crippen LogP contribution in [0, 0.1) is 10.7 Å². The molecule has 3 atom stereocenters. The molecule has 0 radical (unpaired) electrons. The first kappa shape index (κ1) is 22.1. The zero-order valence-corrected chi connectivity index (χ0v) is 15.0. The molecule has 2 unspecified atom stereocenters. The number of thioether (sulfide) groups is 1. The summed E-state index contributed by atoms with van der Waals surface area (Å²) in [5.41, 5.74) is -4.38. The van der Waals surface area contributed by atoms with Crippen LogP contribution < -0.4 is 5.32 Å². The lowest BCUT2D eigenvalue weighted by Crippen LogP contribution is -2.68. The molecule has 154 valence electrons. The number of aliphatic imine (C=N–C) groups is 1. The lowest BCUT2D eigenvalue weighted by Gasteiger charge is -2.39. The van der Waals surface area contributed by atoms with E-state index >= 15 is 0 Å². The van der Waals surface area contributed by atoms with Crippen LogP contribution in [0.3, 0.4) is 0 Å². The molecule has 1 aliphatic heterocycles. The molecule has 1 fully saturated rings. The first-order valence-electron chi connectivity index (χ1n) is 7.52. The van der Waals surface area contributed by atoms with Crippen molar-refractivity contribution in [3.8, 4) is 0 Å². The predicted molar refractivity (Wildman–Crippen MR) is 87.0 cm³/mol. The van der Waals surface area contributed by atoms with Crippen LogP contribution in [0.5, 0.6) is 0 Å². The lowest BCUT2D eigenvalue weighted by molar-refractivity contribution is -0.240. The second-order valence-electron chi connectivity index (χ2n) is 6.03. The maximum absolute atomic E-state index is 13.8. The Kier molecular flexibility index (Phi) is 5.54. The van der Waals surface area contributed by atoms with Crippen molar-refractivity contribution >= 4 is 22.8 Å². The van der Waals surface area contributed by atoms with Gasteiger partial charge >= 0.3 is 12.4 Å². The van der Waals surface area contributed by atoms with Gasteiger partial charge in [0.05, 0.1) is 6.04 Å². The van der Waals surface area contributed by atoms with Crippen LogP contribution in [0.25, 0.3) is 0 Å².